The molecule has 2 aliphatic heterocycles. The number of ether oxygens (including phenoxy) is 1. The van der Waals surface area contributed by atoms with Crippen LogP contribution in [0.2, 0.25) is 5.02 Å². The number of hydrogen-bond donors (Lipinski definition) is 3. The Morgan fingerprint density at radius 1 is 1.15 bits per heavy atom. The van der Waals surface area contributed by atoms with Crippen LogP contribution in [0.4, 0.5) is 11.4 Å². The highest BCUT2D eigenvalue weighted by atomic mass is 35.5. The van der Waals surface area contributed by atoms with Crippen LogP contribution in [0.5, 0.6) is 5.75 Å². The molecule has 3 aromatic rings. The number of amides is 2. The average molecular weight is 476 g/mol. The second-order valence-electron chi connectivity index (χ2n) is 8.97. The molecular weight excluding hydrogens is 450 g/mol. The monoisotopic (exact) mass is 475 g/mol. The van der Waals surface area contributed by atoms with Gasteiger partial charge in [0.05, 0.1) is 23.7 Å². The number of hydrogen-bond acceptors (Lipinski definition) is 4. The fraction of sp³-hybridized carbons (Fsp3) is 0.259. The Kier molecular flexibility index (Phi) is 5.80. The van der Waals surface area contributed by atoms with Gasteiger partial charge in [-0.1, -0.05) is 48.0 Å². The van der Waals surface area contributed by atoms with Crippen molar-refractivity contribution < 1.29 is 14.3 Å². The predicted molar refractivity (Wildman–Crippen MR) is 133 cm³/mol. The summed E-state index contributed by atoms with van der Waals surface area (Å²) in [4.78, 5) is 27.2. The van der Waals surface area contributed by atoms with E-state index in [1.807, 2.05) is 37.3 Å². The predicted octanol–water partition coefficient (Wildman–Crippen LogP) is 4.66. The van der Waals surface area contributed by atoms with E-state index in [0.717, 1.165) is 16.7 Å². The molecule has 3 aromatic carbocycles. The Hall–Kier alpha value is -3.35. The number of rotatable bonds is 5. The molecule has 0 aromatic heterocycles. The summed E-state index contributed by atoms with van der Waals surface area (Å²) >= 11 is 6.50. The van der Waals surface area contributed by atoms with Gasteiger partial charge in [-0.3, -0.25) is 14.9 Å². The van der Waals surface area contributed by atoms with Crippen molar-refractivity contribution in [3.63, 3.8) is 0 Å². The van der Waals surface area contributed by atoms with Crippen LogP contribution in [0.3, 0.4) is 0 Å². The number of carbonyl (C=O) groups excluding carboxylic acids is 2. The Morgan fingerprint density at radius 3 is 2.59 bits per heavy atom. The topological polar surface area (TPSA) is 79.5 Å². The van der Waals surface area contributed by atoms with Gasteiger partial charge in [-0.2, -0.15) is 0 Å². The third kappa shape index (κ3) is 3.83. The first-order valence-electron chi connectivity index (χ1n) is 11.3. The highest BCUT2D eigenvalue weighted by Crippen LogP contribution is 2.50. The molecule has 6 nitrogen and oxygen atoms in total. The molecule has 3 N–H and O–H groups in total. The lowest BCUT2D eigenvalue weighted by molar-refractivity contribution is -0.130. The maximum atomic E-state index is 13.7. The van der Waals surface area contributed by atoms with E-state index < -0.39 is 11.5 Å². The van der Waals surface area contributed by atoms with E-state index in [9.17, 15) is 9.59 Å². The first-order chi connectivity index (χ1) is 16.4. The van der Waals surface area contributed by atoms with Crippen LogP contribution in [-0.4, -0.2) is 25.0 Å². The van der Waals surface area contributed by atoms with Crippen molar-refractivity contribution in [1.82, 2.24) is 5.32 Å². The van der Waals surface area contributed by atoms with Crippen LogP contribution in [-0.2, 0) is 21.5 Å². The zero-order chi connectivity index (χ0) is 23.9. The lowest BCUT2D eigenvalue weighted by atomic mass is 9.79. The van der Waals surface area contributed by atoms with Gasteiger partial charge in [0.15, 0.2) is 0 Å². The van der Waals surface area contributed by atoms with Gasteiger partial charge >= 0.3 is 0 Å². The number of aryl methyl sites for hydroxylation is 1. The molecule has 0 aliphatic carbocycles. The van der Waals surface area contributed by atoms with Gasteiger partial charge in [-0.25, -0.2) is 0 Å². The zero-order valence-electron chi connectivity index (χ0n) is 19.0. The van der Waals surface area contributed by atoms with E-state index in [4.69, 9.17) is 16.3 Å². The summed E-state index contributed by atoms with van der Waals surface area (Å²) in [5, 5.41) is 9.98. The Bertz CT molecular complexity index is 1250. The molecule has 34 heavy (non-hydrogen) atoms. The van der Waals surface area contributed by atoms with Crippen LogP contribution in [0, 0.1) is 12.8 Å². The minimum Gasteiger partial charge on any atom is -0.497 e. The summed E-state index contributed by atoms with van der Waals surface area (Å²) in [5.41, 5.74) is 2.84. The molecular formula is C27H26ClN3O3. The van der Waals surface area contributed by atoms with E-state index in [-0.39, 0.29) is 17.9 Å². The largest absolute Gasteiger partial charge is 0.497 e. The molecule has 0 bridgehead atoms. The molecule has 1 fully saturated rings. The number of halogens is 1. The van der Waals surface area contributed by atoms with Crippen molar-refractivity contribution in [2.24, 2.45) is 5.92 Å². The van der Waals surface area contributed by atoms with Crippen molar-refractivity contribution >= 4 is 34.8 Å². The SMILES string of the molecule is COc1ccc(NC(=O)[C@@H]2C[C@@H](Cc3ccccc3)N[C@]23C(=O)Nc2c(Cl)cc(C)cc23)cc1. The van der Waals surface area contributed by atoms with Crippen molar-refractivity contribution in [3.05, 3.63) is 88.4 Å². The molecule has 2 amide bonds. The van der Waals surface area contributed by atoms with E-state index in [2.05, 4.69) is 28.1 Å². The van der Waals surface area contributed by atoms with Crippen LogP contribution >= 0.6 is 11.6 Å². The molecule has 2 heterocycles. The van der Waals surface area contributed by atoms with Gasteiger partial charge in [0.1, 0.15) is 11.3 Å². The molecule has 174 valence electrons. The first-order valence-corrected chi connectivity index (χ1v) is 11.7. The Morgan fingerprint density at radius 2 is 1.88 bits per heavy atom. The van der Waals surface area contributed by atoms with Crippen molar-refractivity contribution in [2.45, 2.75) is 31.3 Å². The van der Waals surface area contributed by atoms with Crippen molar-refractivity contribution in [1.29, 1.82) is 0 Å². The maximum absolute atomic E-state index is 13.7. The van der Waals surface area contributed by atoms with E-state index in [1.54, 1.807) is 31.4 Å². The fourth-order valence-electron chi connectivity index (χ4n) is 5.19. The number of fused-ring (bicyclic) bond motifs is 2. The molecule has 3 atom stereocenters. The summed E-state index contributed by atoms with van der Waals surface area (Å²) in [6, 6.07) is 20.9. The maximum Gasteiger partial charge on any atom is 0.250 e. The van der Waals surface area contributed by atoms with Crippen LogP contribution in [0.1, 0.15) is 23.1 Å². The quantitative estimate of drug-likeness (QED) is 0.501. The molecule has 2 aliphatic rings. The summed E-state index contributed by atoms with van der Waals surface area (Å²) in [5.74, 6) is -0.383. The van der Waals surface area contributed by atoms with E-state index in [1.165, 1.54) is 0 Å². The fourth-order valence-corrected chi connectivity index (χ4v) is 5.51. The Balaban J connectivity index is 1.52. The number of carbonyl (C=O) groups is 2. The summed E-state index contributed by atoms with van der Waals surface area (Å²) < 4.78 is 5.21. The lowest BCUT2D eigenvalue weighted by Crippen LogP contribution is -2.52. The summed E-state index contributed by atoms with van der Waals surface area (Å²) in [6.45, 7) is 1.94. The number of anilines is 2. The van der Waals surface area contributed by atoms with Crippen molar-refractivity contribution in [3.8, 4) is 5.75 Å². The number of methoxy groups -OCH3 is 1. The highest BCUT2D eigenvalue weighted by Gasteiger charge is 2.60. The highest BCUT2D eigenvalue weighted by molar-refractivity contribution is 6.35. The Labute approximate surface area is 203 Å². The number of nitrogens with one attached hydrogen (secondary N) is 3. The van der Waals surface area contributed by atoms with Gasteiger partial charge in [-0.15, -0.1) is 0 Å². The lowest BCUT2D eigenvalue weighted by Gasteiger charge is -2.29. The van der Waals surface area contributed by atoms with Crippen molar-refractivity contribution in [2.75, 3.05) is 17.7 Å². The second kappa shape index (κ2) is 8.78. The van der Waals surface area contributed by atoms with Gasteiger partial charge in [0.2, 0.25) is 11.8 Å². The number of benzene rings is 3. The van der Waals surface area contributed by atoms with Gasteiger partial charge in [-0.05, 0) is 61.2 Å². The van der Waals surface area contributed by atoms with E-state index in [0.29, 0.717) is 35.0 Å². The third-order valence-corrected chi connectivity index (χ3v) is 7.03. The van der Waals surface area contributed by atoms with Crippen LogP contribution < -0.4 is 20.7 Å². The standard InChI is InChI=1S/C27H26ClN3O3/c1-16-12-21-24(23(28)13-16)30-26(33)27(21)22(15-19(31-27)14-17-6-4-3-5-7-17)25(32)29-18-8-10-20(34-2)11-9-18/h3-13,19,22,31H,14-15H2,1-2H3,(H,29,32)(H,30,33)/t19-,22+,27+/m1/s1. The first kappa shape index (κ1) is 22.4. The smallest absolute Gasteiger partial charge is 0.250 e. The average Bonchev–Trinajstić information content (AvgIpc) is 3.34. The van der Waals surface area contributed by atoms with Crippen LogP contribution in [0.15, 0.2) is 66.7 Å². The summed E-state index contributed by atoms with van der Waals surface area (Å²) in [6.07, 6.45) is 1.21. The molecule has 0 radical (unpaired) electrons. The normalized spacial score (nSPS) is 23.0. The second-order valence-corrected chi connectivity index (χ2v) is 9.38. The summed E-state index contributed by atoms with van der Waals surface area (Å²) in [7, 11) is 1.59. The van der Waals surface area contributed by atoms with Gasteiger partial charge in [0, 0.05) is 17.3 Å². The third-order valence-electron chi connectivity index (χ3n) is 6.73. The van der Waals surface area contributed by atoms with Gasteiger partial charge < -0.3 is 15.4 Å². The zero-order valence-corrected chi connectivity index (χ0v) is 19.8. The molecule has 5 rings (SSSR count). The van der Waals surface area contributed by atoms with E-state index >= 15 is 0 Å². The molecule has 0 saturated carbocycles. The molecule has 1 spiro atoms. The minimum absolute atomic E-state index is 0.0648. The molecule has 7 heteroatoms. The van der Waals surface area contributed by atoms with Crippen LogP contribution in [0.25, 0.3) is 0 Å². The molecule has 1 saturated heterocycles. The van der Waals surface area contributed by atoms with Gasteiger partial charge in [0.25, 0.3) is 0 Å². The molecule has 0 unspecified atom stereocenters. The minimum atomic E-state index is -1.19.